The second kappa shape index (κ2) is 8.57. The van der Waals surface area contributed by atoms with Gasteiger partial charge in [-0.3, -0.25) is 0 Å². The van der Waals surface area contributed by atoms with Crippen LogP contribution in [0.5, 0.6) is 11.6 Å². The Morgan fingerprint density at radius 2 is 2.00 bits per heavy atom. The maximum absolute atomic E-state index is 6.10. The maximum atomic E-state index is 6.10. The fourth-order valence-corrected chi connectivity index (χ4v) is 3.20. The van der Waals surface area contributed by atoms with E-state index in [4.69, 9.17) is 19.7 Å². The standard InChI is InChI=1S/C21H18N4O3S/c1-14-17(24-21(27-14)18-10-6-12-29-18)13-26-25-19(22)16-9-5-11-23-20(16)28-15-7-3-2-4-8-15/h2-12H,13H2,1H3,(H2,22,25). The molecule has 0 radical (unpaired) electrons. The van der Waals surface area contributed by atoms with Gasteiger partial charge in [0.2, 0.25) is 11.8 Å². The van der Waals surface area contributed by atoms with E-state index in [2.05, 4.69) is 15.1 Å². The Bertz CT molecular complexity index is 1110. The van der Waals surface area contributed by atoms with Crippen molar-refractivity contribution in [2.75, 3.05) is 0 Å². The first kappa shape index (κ1) is 18.7. The first-order valence-corrected chi connectivity index (χ1v) is 9.72. The van der Waals surface area contributed by atoms with Crippen LogP contribution in [0.4, 0.5) is 0 Å². The first-order valence-electron chi connectivity index (χ1n) is 8.84. The zero-order chi connectivity index (χ0) is 20.1. The Kier molecular flexibility index (Phi) is 5.53. The van der Waals surface area contributed by atoms with Crippen molar-refractivity contribution in [3.05, 3.63) is 83.2 Å². The number of nitrogens with zero attached hydrogens (tertiary/aromatic N) is 3. The second-order valence-corrected chi connectivity index (χ2v) is 6.97. The molecule has 146 valence electrons. The molecule has 2 N–H and O–H groups in total. The molecule has 1 aromatic carbocycles. The van der Waals surface area contributed by atoms with E-state index in [1.807, 2.05) is 54.8 Å². The van der Waals surface area contributed by atoms with Gasteiger partial charge in [0.25, 0.3) is 0 Å². The number of amidine groups is 1. The van der Waals surface area contributed by atoms with Gasteiger partial charge in [0.15, 0.2) is 12.4 Å². The van der Waals surface area contributed by atoms with E-state index in [9.17, 15) is 0 Å². The predicted molar refractivity (Wildman–Crippen MR) is 111 cm³/mol. The molecule has 3 aromatic heterocycles. The van der Waals surface area contributed by atoms with Crippen molar-refractivity contribution in [1.29, 1.82) is 0 Å². The molecule has 0 unspecified atom stereocenters. The Balaban J connectivity index is 1.46. The van der Waals surface area contributed by atoms with E-state index < -0.39 is 0 Å². The Morgan fingerprint density at radius 3 is 2.79 bits per heavy atom. The Hall–Kier alpha value is -3.65. The maximum Gasteiger partial charge on any atom is 0.236 e. The molecule has 0 aliphatic heterocycles. The number of hydrogen-bond donors (Lipinski definition) is 1. The highest BCUT2D eigenvalue weighted by molar-refractivity contribution is 7.13. The number of thiophene rings is 1. The van der Waals surface area contributed by atoms with Crippen LogP contribution in [0.15, 0.2) is 75.7 Å². The van der Waals surface area contributed by atoms with Gasteiger partial charge in [0.05, 0.1) is 10.4 Å². The topological polar surface area (TPSA) is 95.8 Å². The van der Waals surface area contributed by atoms with E-state index in [-0.39, 0.29) is 12.4 Å². The minimum Gasteiger partial charge on any atom is -0.440 e. The van der Waals surface area contributed by atoms with E-state index in [0.717, 1.165) is 4.88 Å². The summed E-state index contributed by atoms with van der Waals surface area (Å²) in [6.45, 7) is 1.97. The minimum atomic E-state index is 0.135. The lowest BCUT2D eigenvalue weighted by atomic mass is 10.2. The highest BCUT2D eigenvalue weighted by atomic mass is 32.1. The third kappa shape index (κ3) is 4.44. The van der Waals surface area contributed by atoms with Crippen LogP contribution < -0.4 is 10.5 Å². The van der Waals surface area contributed by atoms with Crippen LogP contribution in [0.3, 0.4) is 0 Å². The van der Waals surface area contributed by atoms with Crippen molar-refractivity contribution in [2.45, 2.75) is 13.5 Å². The molecule has 7 nitrogen and oxygen atoms in total. The molecule has 0 aliphatic rings. The summed E-state index contributed by atoms with van der Waals surface area (Å²) in [4.78, 5) is 15.1. The molecule has 4 rings (SSSR count). The summed E-state index contributed by atoms with van der Waals surface area (Å²) in [5.74, 6) is 2.40. The molecule has 0 spiro atoms. The molecular formula is C21H18N4O3S. The van der Waals surface area contributed by atoms with Crippen LogP contribution >= 0.6 is 11.3 Å². The summed E-state index contributed by atoms with van der Waals surface area (Å²) in [6, 6.07) is 16.8. The molecule has 0 atom stereocenters. The van der Waals surface area contributed by atoms with E-state index in [0.29, 0.717) is 34.5 Å². The number of aryl methyl sites for hydroxylation is 1. The lowest BCUT2D eigenvalue weighted by molar-refractivity contribution is 0.127. The van der Waals surface area contributed by atoms with Gasteiger partial charge < -0.3 is 19.7 Å². The van der Waals surface area contributed by atoms with Gasteiger partial charge in [-0.15, -0.1) is 11.3 Å². The number of oxime groups is 1. The highest BCUT2D eigenvalue weighted by Crippen LogP contribution is 2.26. The van der Waals surface area contributed by atoms with Crippen LogP contribution in [0.2, 0.25) is 0 Å². The van der Waals surface area contributed by atoms with Crippen molar-refractivity contribution in [3.8, 4) is 22.4 Å². The third-order valence-corrected chi connectivity index (χ3v) is 4.85. The normalized spacial score (nSPS) is 11.4. The fourth-order valence-electron chi connectivity index (χ4n) is 2.55. The Morgan fingerprint density at radius 1 is 1.14 bits per heavy atom. The molecule has 3 heterocycles. The molecule has 0 fully saturated rings. The zero-order valence-corrected chi connectivity index (χ0v) is 16.4. The fraction of sp³-hybridized carbons (Fsp3) is 0.0952. The number of ether oxygens (including phenoxy) is 1. The van der Waals surface area contributed by atoms with Crippen molar-refractivity contribution in [1.82, 2.24) is 9.97 Å². The molecule has 29 heavy (non-hydrogen) atoms. The monoisotopic (exact) mass is 406 g/mol. The number of oxazole rings is 1. The number of hydrogen-bond acceptors (Lipinski definition) is 7. The summed E-state index contributed by atoms with van der Waals surface area (Å²) >= 11 is 1.56. The minimum absolute atomic E-state index is 0.135. The average molecular weight is 406 g/mol. The summed E-state index contributed by atoms with van der Waals surface area (Å²) in [7, 11) is 0. The van der Waals surface area contributed by atoms with E-state index >= 15 is 0 Å². The molecule has 0 saturated carbocycles. The second-order valence-electron chi connectivity index (χ2n) is 6.02. The smallest absolute Gasteiger partial charge is 0.236 e. The first-order chi connectivity index (χ1) is 14.2. The Labute approximate surface area is 171 Å². The van der Waals surface area contributed by atoms with Crippen LogP contribution in [-0.2, 0) is 11.4 Å². The van der Waals surface area contributed by atoms with Gasteiger partial charge in [0.1, 0.15) is 17.2 Å². The summed E-state index contributed by atoms with van der Waals surface area (Å²) in [5, 5.41) is 5.97. The average Bonchev–Trinajstić information content (AvgIpc) is 3.39. The SMILES string of the molecule is Cc1oc(-c2cccs2)nc1CON=C(N)c1cccnc1Oc1ccccc1. The molecule has 0 bridgehead atoms. The lowest BCUT2D eigenvalue weighted by Crippen LogP contribution is -2.15. The molecule has 4 aromatic rings. The zero-order valence-electron chi connectivity index (χ0n) is 15.6. The largest absolute Gasteiger partial charge is 0.440 e. The van der Waals surface area contributed by atoms with Crippen LogP contribution in [0.1, 0.15) is 17.0 Å². The van der Waals surface area contributed by atoms with Crippen molar-refractivity contribution in [2.24, 2.45) is 10.9 Å². The van der Waals surface area contributed by atoms with Crippen LogP contribution in [0, 0.1) is 6.92 Å². The molecular weight excluding hydrogens is 388 g/mol. The van der Waals surface area contributed by atoms with Gasteiger partial charge in [0, 0.05) is 6.20 Å². The van der Waals surface area contributed by atoms with Crippen molar-refractivity contribution >= 4 is 17.2 Å². The molecule has 8 heteroatoms. The van der Waals surface area contributed by atoms with Crippen LogP contribution in [0.25, 0.3) is 10.8 Å². The lowest BCUT2D eigenvalue weighted by Gasteiger charge is -2.09. The number of pyridine rings is 1. The van der Waals surface area contributed by atoms with Gasteiger partial charge in [-0.1, -0.05) is 29.4 Å². The van der Waals surface area contributed by atoms with E-state index in [1.54, 1.807) is 29.7 Å². The number of rotatable bonds is 7. The van der Waals surface area contributed by atoms with Gasteiger partial charge in [-0.2, -0.15) is 0 Å². The summed E-state index contributed by atoms with van der Waals surface area (Å²) < 4.78 is 11.5. The number of para-hydroxylation sites is 1. The number of benzene rings is 1. The van der Waals surface area contributed by atoms with E-state index in [1.165, 1.54) is 0 Å². The highest BCUT2D eigenvalue weighted by Gasteiger charge is 2.14. The molecule has 0 saturated heterocycles. The van der Waals surface area contributed by atoms with Crippen molar-refractivity contribution < 1.29 is 14.0 Å². The van der Waals surface area contributed by atoms with Crippen LogP contribution in [-0.4, -0.2) is 15.8 Å². The van der Waals surface area contributed by atoms with Gasteiger partial charge in [-0.25, -0.2) is 9.97 Å². The predicted octanol–water partition coefficient (Wildman–Crippen LogP) is 4.74. The van der Waals surface area contributed by atoms with Gasteiger partial charge >= 0.3 is 0 Å². The summed E-state index contributed by atoms with van der Waals surface area (Å²) in [6.07, 6.45) is 1.63. The molecule has 0 aliphatic carbocycles. The summed E-state index contributed by atoms with van der Waals surface area (Å²) in [5.41, 5.74) is 7.30. The quantitative estimate of drug-likeness (QED) is 0.271. The van der Waals surface area contributed by atoms with Gasteiger partial charge in [-0.05, 0) is 42.6 Å². The number of nitrogens with two attached hydrogens (primary N) is 1. The number of aromatic nitrogens is 2. The third-order valence-electron chi connectivity index (χ3n) is 3.99. The molecule has 0 amide bonds. The van der Waals surface area contributed by atoms with Crippen molar-refractivity contribution in [3.63, 3.8) is 0 Å².